The van der Waals surface area contributed by atoms with Crippen molar-refractivity contribution in [2.45, 2.75) is 138 Å². The highest BCUT2D eigenvalue weighted by molar-refractivity contribution is 5.70. The van der Waals surface area contributed by atoms with Crippen LogP contribution in [0.2, 0.25) is 0 Å². The molecule has 0 aromatic heterocycles. The molecule has 5 aliphatic rings. The second kappa shape index (κ2) is 10.0. The van der Waals surface area contributed by atoms with E-state index in [1.54, 1.807) is 0 Å². The van der Waals surface area contributed by atoms with E-state index in [4.69, 9.17) is 4.74 Å². The number of ether oxygens (including phenoxy) is 1. The molecule has 12 atom stereocenters. The fourth-order valence-electron chi connectivity index (χ4n) is 11.6. The van der Waals surface area contributed by atoms with E-state index >= 15 is 0 Å². The van der Waals surface area contributed by atoms with E-state index in [-0.39, 0.29) is 46.5 Å². The SMILES string of the molecule is CC(C)CC(=O)OC1C(O)C(C)(C)CC2C3=CCC4C5(C)CCC(O)C(C)(C)C5CCC4(C)C3(C)C(O)C(O)C21CO. The van der Waals surface area contributed by atoms with Gasteiger partial charge in [0.1, 0.15) is 6.10 Å². The largest absolute Gasteiger partial charge is 0.459 e. The summed E-state index contributed by atoms with van der Waals surface area (Å²) in [6.45, 7) is 18.5. The van der Waals surface area contributed by atoms with Crippen molar-refractivity contribution < 1.29 is 35.1 Å². The van der Waals surface area contributed by atoms with Crippen molar-refractivity contribution in [3.8, 4) is 0 Å². The van der Waals surface area contributed by atoms with E-state index < -0.39 is 53.2 Å². The van der Waals surface area contributed by atoms with E-state index in [9.17, 15) is 30.3 Å². The zero-order valence-electron chi connectivity index (χ0n) is 27.5. The van der Waals surface area contributed by atoms with Gasteiger partial charge in [-0.15, -0.1) is 0 Å². The molecule has 0 aliphatic heterocycles. The molecule has 0 saturated heterocycles. The fraction of sp³-hybridized carbons (Fsp3) is 0.914. The van der Waals surface area contributed by atoms with Crippen LogP contribution >= 0.6 is 0 Å². The number of aliphatic hydroxyl groups is 5. The van der Waals surface area contributed by atoms with Crippen LogP contribution in [-0.2, 0) is 9.53 Å². The molecule has 5 aliphatic carbocycles. The van der Waals surface area contributed by atoms with Gasteiger partial charge in [-0.1, -0.05) is 74.0 Å². The van der Waals surface area contributed by atoms with Crippen LogP contribution in [0.3, 0.4) is 0 Å². The van der Waals surface area contributed by atoms with Gasteiger partial charge in [0.25, 0.3) is 0 Å². The van der Waals surface area contributed by atoms with Gasteiger partial charge in [-0.25, -0.2) is 0 Å². The Kier molecular flexibility index (Phi) is 7.72. The van der Waals surface area contributed by atoms with Gasteiger partial charge in [-0.2, -0.15) is 0 Å². The van der Waals surface area contributed by atoms with E-state index in [1.807, 2.05) is 27.7 Å². The molecule has 240 valence electrons. The third-order valence-electron chi connectivity index (χ3n) is 14.3. The molecule has 12 unspecified atom stereocenters. The van der Waals surface area contributed by atoms with Crippen molar-refractivity contribution in [2.24, 2.45) is 56.2 Å². The quantitative estimate of drug-likeness (QED) is 0.239. The molecule has 42 heavy (non-hydrogen) atoms. The monoisotopic (exact) mass is 590 g/mol. The Balaban J connectivity index is 1.64. The maximum atomic E-state index is 13.0. The van der Waals surface area contributed by atoms with Crippen LogP contribution in [0.4, 0.5) is 0 Å². The standard InChI is InChI=1S/C35H58O7/c1-19(2)16-25(38)42-29-28(41)30(3,4)17-21-20-10-11-23-32(7)14-13-24(37)31(5,6)22(32)12-15-33(23,8)34(20,9)26(39)27(40)35(21,29)18-36/h10,19,21-24,26-29,36-37,39-41H,11-18H2,1-9H3. The molecule has 7 nitrogen and oxygen atoms in total. The molecule has 0 aromatic carbocycles. The molecule has 0 bridgehead atoms. The summed E-state index contributed by atoms with van der Waals surface area (Å²) in [5.41, 5.74) is -2.39. The lowest BCUT2D eigenvalue weighted by Crippen LogP contribution is -2.76. The Labute approximate surface area is 253 Å². The summed E-state index contributed by atoms with van der Waals surface area (Å²) >= 11 is 0. The molecule has 5 rings (SSSR count). The first kappa shape index (κ1) is 32.4. The molecular weight excluding hydrogens is 532 g/mol. The number of hydrogen-bond acceptors (Lipinski definition) is 7. The van der Waals surface area contributed by atoms with Gasteiger partial charge < -0.3 is 30.3 Å². The fourth-order valence-corrected chi connectivity index (χ4v) is 11.6. The first-order valence-electron chi connectivity index (χ1n) is 16.5. The Bertz CT molecular complexity index is 1110. The van der Waals surface area contributed by atoms with E-state index in [0.717, 1.165) is 37.7 Å². The maximum absolute atomic E-state index is 13.0. The summed E-state index contributed by atoms with van der Waals surface area (Å²) in [5.74, 6) is -0.200. The third-order valence-corrected chi connectivity index (χ3v) is 14.3. The van der Waals surface area contributed by atoms with Gasteiger partial charge >= 0.3 is 5.97 Å². The molecule has 0 spiro atoms. The van der Waals surface area contributed by atoms with Crippen molar-refractivity contribution >= 4 is 5.97 Å². The number of hydrogen-bond donors (Lipinski definition) is 5. The van der Waals surface area contributed by atoms with Gasteiger partial charge in [0.15, 0.2) is 0 Å². The second-order valence-corrected chi connectivity index (χ2v) is 17.4. The molecule has 7 heteroatoms. The van der Waals surface area contributed by atoms with Crippen molar-refractivity contribution in [2.75, 3.05) is 6.61 Å². The summed E-state index contributed by atoms with van der Waals surface area (Å²) < 4.78 is 6.03. The minimum atomic E-state index is -1.42. The molecule has 0 heterocycles. The smallest absolute Gasteiger partial charge is 0.306 e. The number of rotatable bonds is 4. The maximum Gasteiger partial charge on any atom is 0.306 e. The Morgan fingerprint density at radius 1 is 0.929 bits per heavy atom. The van der Waals surface area contributed by atoms with Crippen molar-refractivity contribution in [3.63, 3.8) is 0 Å². The lowest BCUT2D eigenvalue weighted by Gasteiger charge is -2.73. The summed E-state index contributed by atoms with van der Waals surface area (Å²) in [7, 11) is 0. The number of allylic oxidation sites excluding steroid dienone is 1. The van der Waals surface area contributed by atoms with Crippen LogP contribution in [0.1, 0.15) is 107 Å². The summed E-state index contributed by atoms with van der Waals surface area (Å²) in [6.07, 6.45) is 2.04. The highest BCUT2D eigenvalue weighted by Crippen LogP contribution is 2.75. The molecule has 4 fully saturated rings. The number of esters is 1. The predicted octanol–water partition coefficient (Wildman–Crippen LogP) is 4.62. The zero-order chi connectivity index (χ0) is 31.4. The Morgan fingerprint density at radius 2 is 1.57 bits per heavy atom. The lowest BCUT2D eigenvalue weighted by molar-refractivity contribution is -0.291. The topological polar surface area (TPSA) is 127 Å². The number of carbonyl (C=O) groups is 1. The summed E-state index contributed by atoms with van der Waals surface area (Å²) in [6, 6.07) is 0. The van der Waals surface area contributed by atoms with Crippen LogP contribution in [0, 0.1) is 56.2 Å². The lowest BCUT2D eigenvalue weighted by atomic mass is 9.32. The van der Waals surface area contributed by atoms with Crippen molar-refractivity contribution in [1.29, 1.82) is 0 Å². The van der Waals surface area contributed by atoms with Gasteiger partial charge in [0.05, 0.1) is 36.4 Å². The summed E-state index contributed by atoms with van der Waals surface area (Å²) in [5, 5.41) is 58.3. The van der Waals surface area contributed by atoms with Crippen LogP contribution in [0.5, 0.6) is 0 Å². The van der Waals surface area contributed by atoms with E-state index in [0.29, 0.717) is 12.3 Å². The van der Waals surface area contributed by atoms with E-state index in [1.165, 1.54) is 0 Å². The van der Waals surface area contributed by atoms with Crippen molar-refractivity contribution in [1.82, 2.24) is 0 Å². The molecular formula is C35H58O7. The van der Waals surface area contributed by atoms with Crippen LogP contribution in [-0.4, -0.2) is 68.6 Å². The minimum Gasteiger partial charge on any atom is -0.459 e. The second-order valence-electron chi connectivity index (χ2n) is 17.4. The summed E-state index contributed by atoms with van der Waals surface area (Å²) in [4.78, 5) is 13.0. The van der Waals surface area contributed by atoms with Gasteiger partial charge in [-0.3, -0.25) is 4.79 Å². The zero-order valence-corrected chi connectivity index (χ0v) is 27.5. The normalized spacial score (nSPS) is 51.0. The Morgan fingerprint density at radius 3 is 2.17 bits per heavy atom. The van der Waals surface area contributed by atoms with Crippen molar-refractivity contribution in [3.05, 3.63) is 11.6 Å². The number of fused-ring (bicyclic) bond motifs is 7. The molecule has 0 aromatic rings. The van der Waals surface area contributed by atoms with Gasteiger partial charge in [0.2, 0.25) is 0 Å². The predicted molar refractivity (Wildman–Crippen MR) is 161 cm³/mol. The molecule has 5 N–H and O–H groups in total. The highest BCUT2D eigenvalue weighted by atomic mass is 16.6. The average Bonchev–Trinajstić information content (AvgIpc) is 2.88. The van der Waals surface area contributed by atoms with Crippen LogP contribution in [0.25, 0.3) is 0 Å². The average molecular weight is 591 g/mol. The van der Waals surface area contributed by atoms with Crippen LogP contribution in [0.15, 0.2) is 11.6 Å². The first-order chi connectivity index (χ1) is 19.3. The van der Waals surface area contributed by atoms with Gasteiger partial charge in [0, 0.05) is 11.8 Å². The molecule has 0 radical (unpaired) electrons. The Hall–Kier alpha value is -0.990. The minimum absolute atomic E-state index is 0.0338. The van der Waals surface area contributed by atoms with Gasteiger partial charge in [-0.05, 0) is 83.9 Å². The molecule has 0 amide bonds. The highest BCUT2D eigenvalue weighted by Gasteiger charge is 2.75. The van der Waals surface area contributed by atoms with Crippen LogP contribution < -0.4 is 0 Å². The number of carbonyl (C=O) groups excluding carboxylic acids is 1. The molecule has 4 saturated carbocycles. The van der Waals surface area contributed by atoms with E-state index in [2.05, 4.69) is 40.7 Å². The number of aliphatic hydroxyl groups excluding tert-OH is 5. The first-order valence-corrected chi connectivity index (χ1v) is 16.5. The third kappa shape index (κ3) is 3.98.